The largest absolute Gasteiger partial charge is 0.203 e. The molecule has 0 atom stereocenters. The molecule has 168 valence electrons. The molecule has 0 aromatic heterocycles. The van der Waals surface area contributed by atoms with Crippen LogP contribution in [0.15, 0.2) is 48.5 Å². The van der Waals surface area contributed by atoms with E-state index in [-0.39, 0.29) is 26.9 Å². The molecule has 0 N–H and O–H groups in total. The molecule has 0 aliphatic heterocycles. The van der Waals surface area contributed by atoms with Gasteiger partial charge in [-0.05, 0) is 21.5 Å². The van der Waals surface area contributed by atoms with Crippen LogP contribution in [-0.4, -0.2) is 0 Å². The minimum atomic E-state index is -2.04. The molecule has 0 amide bonds. The van der Waals surface area contributed by atoms with E-state index in [1.54, 1.807) is 12.1 Å². The van der Waals surface area contributed by atoms with Gasteiger partial charge in [0.2, 0.25) is 0 Å². The zero-order valence-electron chi connectivity index (χ0n) is 16.6. The van der Waals surface area contributed by atoms with Crippen LogP contribution in [0.5, 0.6) is 0 Å². The minimum Gasteiger partial charge on any atom is -0.203 e. The highest BCUT2D eigenvalue weighted by Gasteiger charge is 2.26. The lowest BCUT2D eigenvalue weighted by Gasteiger charge is -2.15. The summed E-state index contributed by atoms with van der Waals surface area (Å²) in [6.07, 6.45) is 0. The Morgan fingerprint density at radius 3 is 0.882 bits per heavy atom. The molecule has 34 heavy (non-hydrogen) atoms. The van der Waals surface area contributed by atoms with Gasteiger partial charge in [-0.15, -0.1) is 0 Å². The number of halogens is 8. The SMILES string of the molecule is Fc1c(F)c(F)c2c(ccc3ccc4ccc5ccc6c(F)c(F)c(F)c(F)c6c5c4c32)c1F. The predicted molar refractivity (Wildman–Crippen MR) is 114 cm³/mol. The van der Waals surface area contributed by atoms with Crippen molar-refractivity contribution in [3.05, 3.63) is 95.1 Å². The first kappa shape index (κ1) is 20.7. The minimum absolute atomic E-state index is 0.0137. The van der Waals surface area contributed by atoms with Crippen molar-refractivity contribution >= 4 is 53.9 Å². The van der Waals surface area contributed by atoms with Gasteiger partial charge in [-0.25, -0.2) is 35.1 Å². The van der Waals surface area contributed by atoms with Gasteiger partial charge in [-0.1, -0.05) is 48.5 Å². The topological polar surface area (TPSA) is 0 Å². The van der Waals surface area contributed by atoms with Gasteiger partial charge in [-0.2, -0.15) is 0 Å². The summed E-state index contributed by atoms with van der Waals surface area (Å²) in [5, 5.41) is -1.79. The van der Waals surface area contributed by atoms with Gasteiger partial charge in [0.15, 0.2) is 46.5 Å². The first-order chi connectivity index (χ1) is 16.2. The zero-order chi connectivity index (χ0) is 24.0. The van der Waals surface area contributed by atoms with Crippen molar-refractivity contribution in [2.75, 3.05) is 0 Å². The van der Waals surface area contributed by atoms with Crippen LogP contribution in [0.3, 0.4) is 0 Å². The Hall–Kier alpha value is -3.94. The quantitative estimate of drug-likeness (QED) is 0.0899. The lowest BCUT2D eigenvalue weighted by atomic mass is 9.90. The van der Waals surface area contributed by atoms with E-state index in [0.717, 1.165) is 12.1 Å². The highest BCUT2D eigenvalue weighted by molar-refractivity contribution is 6.32. The van der Waals surface area contributed by atoms with Gasteiger partial charge >= 0.3 is 0 Å². The molecule has 0 fully saturated rings. The normalized spacial score (nSPS) is 12.1. The maximum Gasteiger partial charge on any atom is 0.198 e. The number of fused-ring (bicyclic) bond motifs is 9. The van der Waals surface area contributed by atoms with E-state index in [9.17, 15) is 26.3 Å². The molecule has 0 aliphatic carbocycles. The fraction of sp³-hybridized carbons (Fsp3) is 0. The third-order valence-electron chi connectivity index (χ3n) is 6.22. The first-order valence-corrected chi connectivity index (χ1v) is 9.90. The molecule has 8 heteroatoms. The molecule has 0 saturated heterocycles. The van der Waals surface area contributed by atoms with Gasteiger partial charge in [-0.3, -0.25) is 0 Å². The fourth-order valence-corrected chi connectivity index (χ4v) is 4.71. The van der Waals surface area contributed by atoms with Gasteiger partial charge in [0.05, 0.1) is 0 Å². The summed E-state index contributed by atoms with van der Waals surface area (Å²) in [5.74, 6) is -14.7. The van der Waals surface area contributed by atoms with Crippen LogP contribution in [0.25, 0.3) is 53.9 Å². The van der Waals surface area contributed by atoms with Crippen molar-refractivity contribution in [2.24, 2.45) is 0 Å². The van der Waals surface area contributed by atoms with Crippen LogP contribution >= 0.6 is 0 Å². The average molecular weight is 472 g/mol. The summed E-state index contributed by atoms with van der Waals surface area (Å²) in [7, 11) is 0. The molecular weight excluding hydrogens is 464 g/mol. The number of rotatable bonds is 0. The Balaban J connectivity index is 2.04. The molecule has 0 saturated carbocycles. The van der Waals surface area contributed by atoms with Crippen molar-refractivity contribution in [3.8, 4) is 0 Å². The van der Waals surface area contributed by atoms with Crippen LogP contribution in [0.4, 0.5) is 35.1 Å². The van der Waals surface area contributed by atoms with Gasteiger partial charge < -0.3 is 0 Å². The summed E-state index contributed by atoms with van der Waals surface area (Å²) in [6.45, 7) is 0. The van der Waals surface area contributed by atoms with E-state index < -0.39 is 68.1 Å². The van der Waals surface area contributed by atoms with E-state index in [2.05, 4.69) is 0 Å². The second-order valence-electron chi connectivity index (χ2n) is 7.91. The van der Waals surface area contributed by atoms with Crippen LogP contribution in [0.1, 0.15) is 0 Å². The highest BCUT2D eigenvalue weighted by Crippen LogP contribution is 2.43. The fourth-order valence-electron chi connectivity index (χ4n) is 4.71. The molecule has 6 aromatic rings. The molecule has 0 bridgehead atoms. The van der Waals surface area contributed by atoms with Crippen molar-refractivity contribution in [1.29, 1.82) is 0 Å². The van der Waals surface area contributed by atoms with Crippen LogP contribution in [-0.2, 0) is 0 Å². The molecular formula is C26H8F8. The molecule has 0 heterocycles. The summed E-state index contributed by atoms with van der Waals surface area (Å²) < 4.78 is 116. The smallest absolute Gasteiger partial charge is 0.198 e. The zero-order valence-corrected chi connectivity index (χ0v) is 16.6. The van der Waals surface area contributed by atoms with Crippen molar-refractivity contribution in [2.45, 2.75) is 0 Å². The van der Waals surface area contributed by atoms with E-state index in [0.29, 0.717) is 5.39 Å². The molecule has 6 rings (SSSR count). The van der Waals surface area contributed by atoms with E-state index in [1.807, 2.05) is 0 Å². The van der Waals surface area contributed by atoms with E-state index in [1.165, 1.54) is 24.3 Å². The number of benzene rings is 6. The van der Waals surface area contributed by atoms with Crippen molar-refractivity contribution in [1.82, 2.24) is 0 Å². The standard InChI is InChI=1S/C26H8F8/c27-19-12-7-5-10-3-1-9-2-4-11-6-8-13-18(22(30)26(34)24(32)20(13)28)16(11)14(9)15(10)17(12)21(29)25(33)23(19)31/h1-8H. The summed E-state index contributed by atoms with van der Waals surface area (Å²) in [4.78, 5) is 0. The molecule has 0 aliphatic rings. The summed E-state index contributed by atoms with van der Waals surface area (Å²) in [5.41, 5.74) is 0. The number of hydrogen-bond acceptors (Lipinski definition) is 0. The average Bonchev–Trinajstić information content (AvgIpc) is 2.86. The van der Waals surface area contributed by atoms with Crippen molar-refractivity contribution in [3.63, 3.8) is 0 Å². The Morgan fingerprint density at radius 2 is 0.529 bits per heavy atom. The highest BCUT2D eigenvalue weighted by atomic mass is 19.2. The Morgan fingerprint density at radius 1 is 0.265 bits per heavy atom. The Bertz CT molecular complexity index is 1760. The predicted octanol–water partition coefficient (Wildman–Crippen LogP) is 8.57. The molecule has 0 spiro atoms. The molecule has 6 aromatic carbocycles. The lowest BCUT2D eigenvalue weighted by molar-refractivity contribution is 0.418. The van der Waals surface area contributed by atoms with Crippen LogP contribution in [0.2, 0.25) is 0 Å². The van der Waals surface area contributed by atoms with Crippen LogP contribution in [0, 0.1) is 46.5 Å². The van der Waals surface area contributed by atoms with E-state index >= 15 is 8.78 Å². The second kappa shape index (κ2) is 6.79. The summed E-state index contributed by atoms with van der Waals surface area (Å²) >= 11 is 0. The first-order valence-electron chi connectivity index (χ1n) is 9.90. The molecule has 0 radical (unpaired) electrons. The summed E-state index contributed by atoms with van der Waals surface area (Å²) in [6, 6.07) is 10.9. The van der Waals surface area contributed by atoms with Crippen molar-refractivity contribution < 1.29 is 35.1 Å². The monoisotopic (exact) mass is 472 g/mol. The van der Waals surface area contributed by atoms with Gasteiger partial charge in [0.25, 0.3) is 0 Å². The second-order valence-corrected chi connectivity index (χ2v) is 7.91. The Kier molecular flexibility index (Phi) is 4.12. The third-order valence-corrected chi connectivity index (χ3v) is 6.22. The molecule has 0 unspecified atom stereocenters. The van der Waals surface area contributed by atoms with Crippen LogP contribution < -0.4 is 0 Å². The third kappa shape index (κ3) is 2.42. The number of hydrogen-bond donors (Lipinski definition) is 0. The maximum atomic E-state index is 15.0. The van der Waals surface area contributed by atoms with E-state index in [4.69, 9.17) is 0 Å². The Labute approximate surface area is 184 Å². The van der Waals surface area contributed by atoms with Gasteiger partial charge in [0, 0.05) is 32.3 Å². The maximum absolute atomic E-state index is 15.0. The van der Waals surface area contributed by atoms with Gasteiger partial charge in [0.1, 0.15) is 0 Å². The lowest BCUT2D eigenvalue weighted by Crippen LogP contribution is -2.00. The molecule has 0 nitrogen and oxygen atoms in total.